The number of ketones is 1. The van der Waals surface area contributed by atoms with Gasteiger partial charge >= 0.3 is 0 Å². The summed E-state index contributed by atoms with van der Waals surface area (Å²) in [5.74, 6) is 0.547. The van der Waals surface area contributed by atoms with E-state index in [4.69, 9.17) is 10.5 Å². The van der Waals surface area contributed by atoms with Gasteiger partial charge in [0.25, 0.3) is 0 Å². The molecular weight excluding hydrogens is 226 g/mol. The molecule has 0 amide bonds. The number of nitrogens with two attached hydrogens (primary N) is 1. The van der Waals surface area contributed by atoms with Gasteiger partial charge in [-0.3, -0.25) is 4.79 Å². The molecule has 2 rings (SSSR count). The van der Waals surface area contributed by atoms with Crippen LogP contribution in [-0.4, -0.2) is 5.78 Å². The Hall–Kier alpha value is -2.29. The molecule has 3 nitrogen and oxygen atoms in total. The van der Waals surface area contributed by atoms with Crippen LogP contribution in [0.15, 0.2) is 48.5 Å². The third kappa shape index (κ3) is 2.88. The topological polar surface area (TPSA) is 52.3 Å². The lowest BCUT2D eigenvalue weighted by Crippen LogP contribution is -2.01. The van der Waals surface area contributed by atoms with Crippen LogP contribution >= 0.6 is 0 Å². The number of Topliss-reactive ketones (excluding diaryl/α,β-unsaturated/α-hetero) is 1. The predicted molar refractivity (Wildman–Crippen MR) is 71.6 cm³/mol. The van der Waals surface area contributed by atoms with Crippen LogP contribution in [0.4, 0.5) is 5.69 Å². The predicted octanol–water partition coefficient (Wildman–Crippen LogP) is 3.05. The zero-order chi connectivity index (χ0) is 13.0. The van der Waals surface area contributed by atoms with Gasteiger partial charge in [-0.05, 0) is 30.7 Å². The third-order valence-corrected chi connectivity index (χ3v) is 2.66. The summed E-state index contributed by atoms with van der Waals surface area (Å²) in [6.45, 7) is 1.96. The van der Waals surface area contributed by atoms with Crippen molar-refractivity contribution in [2.45, 2.75) is 13.5 Å². The third-order valence-electron chi connectivity index (χ3n) is 2.66. The van der Waals surface area contributed by atoms with E-state index in [2.05, 4.69) is 0 Å². The number of ether oxygens (including phenoxy) is 1. The number of nitrogen functional groups attached to an aromatic ring is 1. The minimum absolute atomic E-state index is 0.000406. The van der Waals surface area contributed by atoms with E-state index < -0.39 is 0 Å². The molecule has 0 bridgehead atoms. The zero-order valence-electron chi connectivity index (χ0n) is 10.2. The van der Waals surface area contributed by atoms with Crippen LogP contribution < -0.4 is 10.5 Å². The van der Waals surface area contributed by atoms with E-state index in [-0.39, 0.29) is 5.78 Å². The van der Waals surface area contributed by atoms with Crippen molar-refractivity contribution in [3.63, 3.8) is 0 Å². The minimum Gasteiger partial charge on any atom is -0.487 e. The number of hydrogen-bond donors (Lipinski definition) is 1. The highest BCUT2D eigenvalue weighted by Crippen LogP contribution is 2.24. The summed E-state index contributed by atoms with van der Waals surface area (Å²) in [6.07, 6.45) is 0. The molecule has 0 saturated carbocycles. The van der Waals surface area contributed by atoms with Gasteiger partial charge < -0.3 is 10.5 Å². The minimum atomic E-state index is -0.000406. The van der Waals surface area contributed by atoms with Gasteiger partial charge in [0.15, 0.2) is 5.78 Å². The molecule has 0 aliphatic carbocycles. The molecule has 2 aromatic rings. The molecule has 0 aromatic heterocycles. The smallest absolute Gasteiger partial charge is 0.159 e. The van der Waals surface area contributed by atoms with Gasteiger partial charge in [0, 0.05) is 5.56 Å². The lowest BCUT2D eigenvalue weighted by atomic mass is 10.1. The first-order valence-electron chi connectivity index (χ1n) is 5.74. The Balaban J connectivity index is 2.14. The molecule has 2 N–H and O–H groups in total. The molecule has 0 fully saturated rings. The number of rotatable bonds is 4. The molecule has 0 spiro atoms. The maximum absolute atomic E-state index is 11.3. The van der Waals surface area contributed by atoms with E-state index in [1.807, 2.05) is 30.3 Å². The van der Waals surface area contributed by atoms with Crippen LogP contribution in [-0.2, 0) is 6.61 Å². The van der Waals surface area contributed by atoms with Gasteiger partial charge in [-0.25, -0.2) is 0 Å². The van der Waals surface area contributed by atoms with Crippen molar-refractivity contribution in [1.29, 1.82) is 0 Å². The monoisotopic (exact) mass is 241 g/mol. The van der Waals surface area contributed by atoms with Crippen molar-refractivity contribution < 1.29 is 9.53 Å². The summed E-state index contributed by atoms with van der Waals surface area (Å²) >= 11 is 0. The fraction of sp³-hybridized carbons (Fsp3) is 0.133. The van der Waals surface area contributed by atoms with E-state index in [1.165, 1.54) is 6.92 Å². The van der Waals surface area contributed by atoms with E-state index in [1.54, 1.807) is 18.2 Å². The lowest BCUT2D eigenvalue weighted by molar-refractivity contribution is 0.101. The first-order chi connectivity index (χ1) is 8.66. The Morgan fingerprint density at radius 3 is 2.56 bits per heavy atom. The highest BCUT2D eigenvalue weighted by molar-refractivity contribution is 5.95. The van der Waals surface area contributed by atoms with Crippen LogP contribution in [0.3, 0.4) is 0 Å². The summed E-state index contributed by atoms with van der Waals surface area (Å²) in [6, 6.07) is 14.9. The Labute approximate surface area is 106 Å². The molecule has 3 heteroatoms. The lowest BCUT2D eigenvalue weighted by Gasteiger charge is -2.10. The molecule has 0 aliphatic heterocycles. The van der Waals surface area contributed by atoms with Crippen LogP contribution in [0.1, 0.15) is 22.8 Å². The van der Waals surface area contributed by atoms with Crippen molar-refractivity contribution in [1.82, 2.24) is 0 Å². The molecule has 0 aliphatic rings. The van der Waals surface area contributed by atoms with Gasteiger partial charge in [-0.2, -0.15) is 0 Å². The maximum Gasteiger partial charge on any atom is 0.159 e. The van der Waals surface area contributed by atoms with Crippen molar-refractivity contribution >= 4 is 11.5 Å². The summed E-state index contributed by atoms with van der Waals surface area (Å²) < 4.78 is 5.64. The average molecular weight is 241 g/mol. The first kappa shape index (κ1) is 12.2. The molecule has 0 saturated heterocycles. The van der Waals surface area contributed by atoms with Gasteiger partial charge in [0.1, 0.15) is 12.4 Å². The molecular formula is C15H15NO2. The Bertz CT molecular complexity index is 550. The molecule has 0 unspecified atom stereocenters. The van der Waals surface area contributed by atoms with E-state index in [0.29, 0.717) is 23.6 Å². The van der Waals surface area contributed by atoms with Crippen molar-refractivity contribution in [2.75, 3.05) is 5.73 Å². The largest absolute Gasteiger partial charge is 0.487 e. The van der Waals surface area contributed by atoms with E-state index in [9.17, 15) is 4.79 Å². The van der Waals surface area contributed by atoms with Crippen LogP contribution in [0.2, 0.25) is 0 Å². The zero-order valence-corrected chi connectivity index (χ0v) is 10.2. The van der Waals surface area contributed by atoms with Crippen molar-refractivity contribution in [3.05, 3.63) is 59.7 Å². The Morgan fingerprint density at radius 2 is 1.89 bits per heavy atom. The van der Waals surface area contributed by atoms with Crippen LogP contribution in [0.5, 0.6) is 5.75 Å². The van der Waals surface area contributed by atoms with Gasteiger partial charge in [-0.1, -0.05) is 30.3 Å². The Kier molecular flexibility index (Phi) is 3.63. The molecule has 18 heavy (non-hydrogen) atoms. The van der Waals surface area contributed by atoms with Gasteiger partial charge in [0.2, 0.25) is 0 Å². The highest BCUT2D eigenvalue weighted by atomic mass is 16.5. The van der Waals surface area contributed by atoms with Crippen LogP contribution in [0, 0.1) is 0 Å². The summed E-state index contributed by atoms with van der Waals surface area (Å²) in [7, 11) is 0. The molecule has 92 valence electrons. The molecule has 0 heterocycles. The number of carbonyl (C=O) groups is 1. The summed E-state index contributed by atoms with van der Waals surface area (Å²) in [5.41, 5.74) is 8.02. The second kappa shape index (κ2) is 5.36. The summed E-state index contributed by atoms with van der Waals surface area (Å²) in [4.78, 5) is 11.3. The fourth-order valence-corrected chi connectivity index (χ4v) is 1.61. The number of anilines is 1. The SMILES string of the molecule is CC(=O)c1ccc(N)c(OCc2ccccc2)c1. The standard InChI is InChI=1S/C15H15NO2/c1-11(17)13-7-8-14(16)15(9-13)18-10-12-5-3-2-4-6-12/h2-9H,10,16H2,1H3. The van der Waals surface area contributed by atoms with Crippen molar-refractivity contribution in [3.8, 4) is 5.75 Å². The first-order valence-corrected chi connectivity index (χ1v) is 5.74. The Morgan fingerprint density at radius 1 is 1.17 bits per heavy atom. The van der Waals surface area contributed by atoms with E-state index >= 15 is 0 Å². The van der Waals surface area contributed by atoms with Gasteiger partial charge in [0.05, 0.1) is 5.69 Å². The van der Waals surface area contributed by atoms with Crippen LogP contribution in [0.25, 0.3) is 0 Å². The van der Waals surface area contributed by atoms with E-state index in [0.717, 1.165) is 5.56 Å². The number of benzene rings is 2. The second-order valence-corrected chi connectivity index (χ2v) is 4.08. The quantitative estimate of drug-likeness (QED) is 0.661. The maximum atomic E-state index is 11.3. The van der Waals surface area contributed by atoms with Gasteiger partial charge in [-0.15, -0.1) is 0 Å². The fourth-order valence-electron chi connectivity index (χ4n) is 1.61. The molecule has 2 aromatic carbocycles. The normalized spacial score (nSPS) is 10.1. The average Bonchev–Trinajstić information content (AvgIpc) is 2.38. The second-order valence-electron chi connectivity index (χ2n) is 4.08. The number of carbonyl (C=O) groups excluding carboxylic acids is 1. The number of hydrogen-bond acceptors (Lipinski definition) is 3. The molecule has 0 atom stereocenters. The summed E-state index contributed by atoms with van der Waals surface area (Å²) in [5, 5.41) is 0. The molecule has 0 radical (unpaired) electrons. The van der Waals surface area contributed by atoms with Crippen molar-refractivity contribution in [2.24, 2.45) is 0 Å². The highest BCUT2D eigenvalue weighted by Gasteiger charge is 2.05.